The lowest BCUT2D eigenvalue weighted by molar-refractivity contribution is -0.112. The van der Waals surface area contributed by atoms with Crippen molar-refractivity contribution < 1.29 is 9.59 Å². The van der Waals surface area contributed by atoms with Gasteiger partial charge in [0.05, 0.1) is 0 Å². The highest BCUT2D eigenvalue weighted by molar-refractivity contribution is 6.06. The molecule has 0 aromatic carbocycles. The zero-order chi connectivity index (χ0) is 16.9. The van der Waals surface area contributed by atoms with Crippen LogP contribution in [0.2, 0.25) is 0 Å². The molecule has 0 aromatic rings. The van der Waals surface area contributed by atoms with E-state index in [1.54, 1.807) is 12.2 Å². The quantitative estimate of drug-likeness (QED) is 0.571. The average Bonchev–Trinajstić information content (AvgIpc) is 2.38. The van der Waals surface area contributed by atoms with Crippen molar-refractivity contribution in [1.82, 2.24) is 0 Å². The van der Waals surface area contributed by atoms with E-state index >= 15 is 0 Å². The van der Waals surface area contributed by atoms with Gasteiger partial charge in [-0.1, -0.05) is 22.3 Å². The summed E-state index contributed by atoms with van der Waals surface area (Å²) >= 11 is 0. The number of carbonyl (C=O) groups is 2. The monoisotopic (exact) mass is 300 g/mol. The second-order valence-corrected chi connectivity index (χ2v) is 6.67. The normalized spacial score (nSPS) is 18.3. The van der Waals surface area contributed by atoms with E-state index in [0.717, 1.165) is 36.8 Å². The van der Waals surface area contributed by atoms with E-state index in [-0.39, 0.29) is 11.6 Å². The van der Waals surface area contributed by atoms with Crippen molar-refractivity contribution in [2.24, 2.45) is 0 Å². The fourth-order valence-corrected chi connectivity index (χ4v) is 2.65. The lowest BCUT2D eigenvalue weighted by atomic mass is 9.92. The molecule has 0 fully saturated rings. The minimum absolute atomic E-state index is 0.216. The smallest absolute Gasteiger partial charge is 0.181 e. The molecule has 0 atom stereocenters. The number of carbonyl (C=O) groups excluding carboxylic acids is 2. The first-order valence-electron chi connectivity index (χ1n) is 7.98. The van der Waals surface area contributed by atoms with Crippen LogP contribution in [0.4, 0.5) is 0 Å². The van der Waals surface area contributed by atoms with Gasteiger partial charge in [0.2, 0.25) is 0 Å². The van der Waals surface area contributed by atoms with Gasteiger partial charge in [0.25, 0.3) is 0 Å². The van der Waals surface area contributed by atoms with Crippen molar-refractivity contribution in [2.45, 2.75) is 67.2 Å². The van der Waals surface area contributed by atoms with E-state index in [1.165, 1.54) is 22.3 Å². The van der Waals surface area contributed by atoms with Gasteiger partial charge < -0.3 is 0 Å². The summed E-state index contributed by atoms with van der Waals surface area (Å²) < 4.78 is 0. The third-order valence-corrected chi connectivity index (χ3v) is 4.10. The summed E-state index contributed by atoms with van der Waals surface area (Å²) in [7, 11) is 0. The molecule has 0 saturated carbocycles. The molecule has 0 bridgehead atoms. The summed E-state index contributed by atoms with van der Waals surface area (Å²) in [5.74, 6) is 0.433. The minimum atomic E-state index is 0.216. The third kappa shape index (κ3) is 5.25. The first kappa shape index (κ1) is 18.3. The molecule has 2 nitrogen and oxygen atoms in total. The lowest BCUT2D eigenvalue weighted by Crippen LogP contribution is -2.07. The first-order valence-corrected chi connectivity index (χ1v) is 7.98. The number of rotatable bonds is 0. The lowest BCUT2D eigenvalue weighted by Gasteiger charge is -2.12. The van der Waals surface area contributed by atoms with E-state index in [1.807, 2.05) is 41.5 Å². The zero-order valence-electron chi connectivity index (χ0n) is 14.8. The Morgan fingerprint density at radius 2 is 1.00 bits per heavy atom. The Balaban J connectivity index is 0.000000220. The predicted molar refractivity (Wildman–Crippen MR) is 92.7 cm³/mol. The van der Waals surface area contributed by atoms with Gasteiger partial charge in [-0.15, -0.1) is 0 Å². The molecule has 0 unspecified atom stereocenters. The van der Waals surface area contributed by atoms with E-state index in [2.05, 4.69) is 0 Å². The Kier molecular flexibility index (Phi) is 6.73. The van der Waals surface area contributed by atoms with Gasteiger partial charge in [0.15, 0.2) is 11.6 Å². The Bertz CT molecular complexity index is 533. The molecule has 0 heterocycles. The summed E-state index contributed by atoms with van der Waals surface area (Å²) in [6.45, 7) is 12.0. The molecule has 2 rings (SSSR count). The van der Waals surface area contributed by atoms with Crippen molar-refractivity contribution in [3.8, 4) is 0 Å². The van der Waals surface area contributed by atoms with Gasteiger partial charge in [-0.3, -0.25) is 9.59 Å². The van der Waals surface area contributed by atoms with Crippen LogP contribution in [-0.4, -0.2) is 11.6 Å². The van der Waals surface area contributed by atoms with E-state index in [0.29, 0.717) is 0 Å². The molecular formula is C20H28O2. The fraction of sp³-hybridized carbons (Fsp3) is 0.500. The number of hydrogen-bond acceptors (Lipinski definition) is 2. The molecule has 0 N–H and O–H groups in total. The Labute approximate surface area is 134 Å². The molecule has 22 heavy (non-hydrogen) atoms. The number of ketones is 2. The third-order valence-electron chi connectivity index (χ3n) is 4.10. The van der Waals surface area contributed by atoms with Crippen LogP contribution in [0.1, 0.15) is 67.2 Å². The number of allylic oxidation sites excluding steroid dienone is 8. The molecule has 2 heteroatoms. The summed E-state index contributed by atoms with van der Waals surface area (Å²) in [5.41, 5.74) is 6.77. The van der Waals surface area contributed by atoms with Gasteiger partial charge in [-0.25, -0.2) is 0 Å². The van der Waals surface area contributed by atoms with Gasteiger partial charge >= 0.3 is 0 Å². The highest BCUT2D eigenvalue weighted by Gasteiger charge is 2.14. The van der Waals surface area contributed by atoms with Crippen LogP contribution in [-0.2, 0) is 9.59 Å². The van der Waals surface area contributed by atoms with Gasteiger partial charge in [-0.05, 0) is 90.5 Å². The van der Waals surface area contributed by atoms with E-state index in [9.17, 15) is 9.59 Å². The van der Waals surface area contributed by atoms with E-state index < -0.39 is 0 Å². The van der Waals surface area contributed by atoms with Crippen molar-refractivity contribution in [3.63, 3.8) is 0 Å². The van der Waals surface area contributed by atoms with Crippen LogP contribution < -0.4 is 0 Å². The maximum Gasteiger partial charge on any atom is 0.181 e. The molecular weight excluding hydrogens is 272 g/mol. The van der Waals surface area contributed by atoms with Crippen LogP contribution in [0.15, 0.2) is 45.6 Å². The summed E-state index contributed by atoms with van der Waals surface area (Å²) in [5, 5.41) is 0. The average molecular weight is 300 g/mol. The van der Waals surface area contributed by atoms with Crippen LogP contribution >= 0.6 is 0 Å². The highest BCUT2D eigenvalue weighted by Crippen LogP contribution is 2.22. The first-order chi connectivity index (χ1) is 10.2. The van der Waals surface area contributed by atoms with Gasteiger partial charge in [-0.2, -0.15) is 0 Å². The van der Waals surface area contributed by atoms with Crippen molar-refractivity contribution >= 4 is 11.6 Å². The van der Waals surface area contributed by atoms with Crippen LogP contribution in [0.5, 0.6) is 0 Å². The van der Waals surface area contributed by atoms with Crippen LogP contribution in [0.25, 0.3) is 0 Å². The van der Waals surface area contributed by atoms with Crippen molar-refractivity contribution in [3.05, 3.63) is 45.6 Å². The Hall–Kier alpha value is -1.70. The molecule has 0 saturated heterocycles. The second-order valence-electron chi connectivity index (χ2n) is 6.67. The van der Waals surface area contributed by atoms with E-state index in [4.69, 9.17) is 0 Å². The zero-order valence-corrected chi connectivity index (χ0v) is 14.8. The standard InChI is InChI=1S/2C10H14O/c2*1-7(2)9-5-4-8(3)6-10(9)11/h2*6H,4-5H2,1-3H3. The van der Waals surface area contributed by atoms with Gasteiger partial charge in [0, 0.05) is 0 Å². The van der Waals surface area contributed by atoms with Crippen LogP contribution in [0, 0.1) is 0 Å². The van der Waals surface area contributed by atoms with Crippen molar-refractivity contribution in [2.75, 3.05) is 0 Å². The molecule has 0 radical (unpaired) electrons. The second kappa shape index (κ2) is 8.07. The topological polar surface area (TPSA) is 34.1 Å². The molecule has 2 aliphatic carbocycles. The molecule has 0 spiro atoms. The summed E-state index contributed by atoms with van der Waals surface area (Å²) in [6.07, 6.45) is 7.48. The maximum atomic E-state index is 11.3. The predicted octanol–water partition coefficient (Wildman–Crippen LogP) is 5.26. The molecule has 120 valence electrons. The van der Waals surface area contributed by atoms with Crippen LogP contribution in [0.3, 0.4) is 0 Å². The Morgan fingerprint density at radius 1 is 0.682 bits per heavy atom. The minimum Gasteiger partial charge on any atom is -0.290 e. The summed E-state index contributed by atoms with van der Waals surface area (Å²) in [4.78, 5) is 22.6. The SMILES string of the molecule is CC1=CC(=O)C(=C(C)C)CC1.CC1=CC(=O)C(=C(C)C)CC1. The molecule has 2 aliphatic rings. The molecule has 0 aliphatic heterocycles. The largest absolute Gasteiger partial charge is 0.290 e. The Morgan fingerprint density at radius 3 is 1.23 bits per heavy atom. The number of hydrogen-bond donors (Lipinski definition) is 0. The highest BCUT2D eigenvalue weighted by atomic mass is 16.1. The fourth-order valence-electron chi connectivity index (χ4n) is 2.65. The van der Waals surface area contributed by atoms with Gasteiger partial charge in [0.1, 0.15) is 0 Å². The maximum absolute atomic E-state index is 11.3. The summed E-state index contributed by atoms with van der Waals surface area (Å²) in [6, 6.07) is 0. The molecule has 0 aromatic heterocycles. The molecule has 0 amide bonds. The van der Waals surface area contributed by atoms with Crippen molar-refractivity contribution in [1.29, 1.82) is 0 Å².